The Kier molecular flexibility index (Phi) is 5.90. The van der Waals surface area contributed by atoms with E-state index in [1.165, 1.54) is 6.07 Å². The molecule has 0 heterocycles. The van der Waals surface area contributed by atoms with Crippen LogP contribution in [0.5, 0.6) is 0 Å². The Bertz CT molecular complexity index is 513. The summed E-state index contributed by atoms with van der Waals surface area (Å²) in [4.78, 5) is -0.0242. The van der Waals surface area contributed by atoms with Crippen molar-refractivity contribution in [1.29, 1.82) is 0 Å². The van der Waals surface area contributed by atoms with E-state index in [4.69, 9.17) is 5.11 Å². The van der Waals surface area contributed by atoms with E-state index in [1.807, 2.05) is 13.8 Å². The monoisotopic (exact) mass is 289 g/mol. The molecule has 0 unspecified atom stereocenters. The third-order valence-electron chi connectivity index (χ3n) is 3.21. The first-order chi connectivity index (χ1) is 8.94. The lowest BCUT2D eigenvalue weighted by atomic mass is 10.0. The average molecular weight is 289 g/mol. The van der Waals surface area contributed by atoms with Crippen molar-refractivity contribution >= 4 is 10.0 Å². The maximum atomic E-state index is 13.2. The zero-order valence-electron chi connectivity index (χ0n) is 11.2. The Balaban J connectivity index is 2.88. The van der Waals surface area contributed by atoms with E-state index in [-0.39, 0.29) is 16.4 Å². The summed E-state index contributed by atoms with van der Waals surface area (Å²) in [5.41, 5.74) is -0.0228. The van der Waals surface area contributed by atoms with Gasteiger partial charge in [-0.15, -0.1) is 0 Å². The molecule has 19 heavy (non-hydrogen) atoms. The summed E-state index contributed by atoms with van der Waals surface area (Å²) in [6.07, 6.45) is 1.79. The van der Waals surface area contributed by atoms with Gasteiger partial charge in [0, 0.05) is 12.1 Å². The Morgan fingerprint density at radius 2 is 1.95 bits per heavy atom. The highest BCUT2D eigenvalue weighted by Gasteiger charge is 2.17. The van der Waals surface area contributed by atoms with Crippen LogP contribution >= 0.6 is 0 Å². The van der Waals surface area contributed by atoms with Gasteiger partial charge in [0.25, 0.3) is 0 Å². The van der Waals surface area contributed by atoms with Crippen molar-refractivity contribution in [3.63, 3.8) is 0 Å². The second kappa shape index (κ2) is 6.98. The Hall–Kier alpha value is -0.980. The number of hydrogen-bond donors (Lipinski definition) is 2. The molecule has 0 aliphatic heterocycles. The molecule has 0 aliphatic rings. The first-order valence-electron chi connectivity index (χ1n) is 6.33. The van der Waals surface area contributed by atoms with E-state index >= 15 is 0 Å². The SMILES string of the molecule is CCC(CC)CNS(=O)(=O)c1ccc(F)c(CO)c1. The Morgan fingerprint density at radius 3 is 2.47 bits per heavy atom. The summed E-state index contributed by atoms with van der Waals surface area (Å²) in [5, 5.41) is 8.95. The summed E-state index contributed by atoms with van der Waals surface area (Å²) < 4.78 is 39.8. The minimum absolute atomic E-state index is 0.0228. The van der Waals surface area contributed by atoms with E-state index < -0.39 is 22.4 Å². The summed E-state index contributed by atoms with van der Waals surface area (Å²) >= 11 is 0. The van der Waals surface area contributed by atoms with Crippen molar-refractivity contribution in [2.75, 3.05) is 6.54 Å². The second-order valence-corrected chi connectivity index (χ2v) is 6.21. The van der Waals surface area contributed by atoms with E-state index in [9.17, 15) is 12.8 Å². The smallest absolute Gasteiger partial charge is 0.240 e. The zero-order chi connectivity index (χ0) is 14.5. The van der Waals surface area contributed by atoms with Crippen LogP contribution in [0.3, 0.4) is 0 Å². The molecule has 0 atom stereocenters. The van der Waals surface area contributed by atoms with Crippen LogP contribution in [0.2, 0.25) is 0 Å². The van der Waals surface area contributed by atoms with E-state index in [2.05, 4.69) is 4.72 Å². The minimum atomic E-state index is -3.65. The van der Waals surface area contributed by atoms with Crippen LogP contribution in [0.4, 0.5) is 4.39 Å². The molecule has 6 heteroatoms. The van der Waals surface area contributed by atoms with E-state index in [1.54, 1.807) is 0 Å². The third-order valence-corrected chi connectivity index (χ3v) is 4.64. The molecule has 108 valence electrons. The molecular formula is C13H20FNO3S. The van der Waals surface area contributed by atoms with Gasteiger partial charge in [0.15, 0.2) is 0 Å². The average Bonchev–Trinajstić information content (AvgIpc) is 2.40. The maximum absolute atomic E-state index is 13.2. The Morgan fingerprint density at radius 1 is 1.32 bits per heavy atom. The molecule has 1 rings (SSSR count). The number of rotatable bonds is 7. The fourth-order valence-corrected chi connectivity index (χ4v) is 2.89. The molecule has 0 amide bonds. The number of aliphatic hydroxyl groups excluding tert-OH is 1. The van der Waals surface area contributed by atoms with Gasteiger partial charge in [0.05, 0.1) is 11.5 Å². The molecule has 2 N–H and O–H groups in total. The fourth-order valence-electron chi connectivity index (χ4n) is 1.73. The third kappa shape index (κ3) is 4.26. The molecule has 0 fully saturated rings. The summed E-state index contributed by atoms with van der Waals surface area (Å²) in [7, 11) is -3.65. The number of hydrogen-bond acceptors (Lipinski definition) is 3. The number of nitrogens with one attached hydrogen (secondary N) is 1. The lowest BCUT2D eigenvalue weighted by molar-refractivity contribution is 0.275. The lowest BCUT2D eigenvalue weighted by Crippen LogP contribution is -2.29. The highest BCUT2D eigenvalue weighted by atomic mass is 32.2. The topological polar surface area (TPSA) is 66.4 Å². The molecule has 0 radical (unpaired) electrons. The number of aliphatic hydroxyl groups is 1. The van der Waals surface area contributed by atoms with Crippen molar-refractivity contribution in [2.45, 2.75) is 38.2 Å². The van der Waals surface area contributed by atoms with Gasteiger partial charge in [-0.3, -0.25) is 0 Å². The van der Waals surface area contributed by atoms with Crippen molar-refractivity contribution in [3.05, 3.63) is 29.6 Å². The standard InChI is InChI=1S/C13H20FNO3S/c1-3-10(4-2)8-15-19(17,18)12-5-6-13(14)11(7-12)9-16/h5-7,10,15-16H,3-4,8-9H2,1-2H3. The predicted octanol–water partition coefficient (Wildman–Crippen LogP) is 2.03. The van der Waals surface area contributed by atoms with Crippen molar-refractivity contribution in [1.82, 2.24) is 4.72 Å². The summed E-state index contributed by atoms with van der Waals surface area (Å²) in [5.74, 6) is -0.325. The highest BCUT2D eigenvalue weighted by molar-refractivity contribution is 7.89. The molecule has 4 nitrogen and oxygen atoms in total. The van der Waals surface area contributed by atoms with Gasteiger partial charge in [-0.2, -0.15) is 0 Å². The van der Waals surface area contributed by atoms with Crippen molar-refractivity contribution in [2.24, 2.45) is 5.92 Å². The first kappa shape index (κ1) is 16.1. The van der Waals surface area contributed by atoms with Gasteiger partial charge in [0.1, 0.15) is 5.82 Å². The van der Waals surface area contributed by atoms with Gasteiger partial charge in [-0.1, -0.05) is 26.7 Å². The van der Waals surface area contributed by atoms with Gasteiger partial charge < -0.3 is 5.11 Å². The Labute approximate surface area is 113 Å². The second-order valence-electron chi connectivity index (χ2n) is 4.45. The van der Waals surface area contributed by atoms with Crippen LogP contribution < -0.4 is 4.72 Å². The minimum Gasteiger partial charge on any atom is -0.392 e. The maximum Gasteiger partial charge on any atom is 0.240 e. The fraction of sp³-hybridized carbons (Fsp3) is 0.538. The molecule has 1 aromatic carbocycles. The van der Waals surface area contributed by atoms with E-state index in [0.29, 0.717) is 6.54 Å². The summed E-state index contributed by atoms with van der Waals surface area (Å²) in [6.45, 7) is 3.84. The van der Waals surface area contributed by atoms with Crippen LogP contribution in [0.25, 0.3) is 0 Å². The quantitative estimate of drug-likeness (QED) is 0.807. The van der Waals surface area contributed by atoms with Crippen molar-refractivity contribution in [3.8, 4) is 0 Å². The number of sulfonamides is 1. The lowest BCUT2D eigenvalue weighted by Gasteiger charge is -2.14. The number of benzene rings is 1. The largest absolute Gasteiger partial charge is 0.392 e. The predicted molar refractivity (Wildman–Crippen MR) is 71.6 cm³/mol. The molecule has 0 saturated carbocycles. The normalized spacial score (nSPS) is 12.1. The van der Waals surface area contributed by atoms with Crippen LogP contribution in [-0.4, -0.2) is 20.1 Å². The first-order valence-corrected chi connectivity index (χ1v) is 7.81. The molecular weight excluding hydrogens is 269 g/mol. The zero-order valence-corrected chi connectivity index (χ0v) is 12.0. The molecule has 0 bridgehead atoms. The molecule has 0 spiro atoms. The van der Waals surface area contributed by atoms with Crippen LogP contribution in [0.1, 0.15) is 32.3 Å². The van der Waals surface area contributed by atoms with Crippen LogP contribution in [0, 0.1) is 11.7 Å². The molecule has 0 aromatic heterocycles. The van der Waals surface area contributed by atoms with Gasteiger partial charge in [-0.05, 0) is 24.1 Å². The summed E-state index contributed by atoms with van der Waals surface area (Å²) in [6, 6.07) is 3.41. The molecule has 1 aromatic rings. The van der Waals surface area contributed by atoms with Gasteiger partial charge in [-0.25, -0.2) is 17.5 Å². The molecule has 0 aliphatic carbocycles. The molecule has 0 saturated heterocycles. The van der Waals surface area contributed by atoms with Gasteiger partial charge in [0.2, 0.25) is 10.0 Å². The van der Waals surface area contributed by atoms with E-state index in [0.717, 1.165) is 25.0 Å². The van der Waals surface area contributed by atoms with Crippen LogP contribution in [0.15, 0.2) is 23.1 Å². The van der Waals surface area contributed by atoms with Crippen LogP contribution in [-0.2, 0) is 16.6 Å². The van der Waals surface area contributed by atoms with Crippen molar-refractivity contribution < 1.29 is 17.9 Å². The number of halogens is 1. The highest BCUT2D eigenvalue weighted by Crippen LogP contribution is 2.16. The van der Waals surface area contributed by atoms with Gasteiger partial charge >= 0.3 is 0 Å².